The number of nitrogens with one attached hydrogen (secondary N) is 1. The zero-order valence-electron chi connectivity index (χ0n) is 17.2. The monoisotopic (exact) mass is 384 g/mol. The van der Waals surface area contributed by atoms with Crippen molar-refractivity contribution in [2.75, 3.05) is 59.5 Å². The number of nitrogens with zero attached hydrogens (tertiary/aromatic N) is 3. The van der Waals surface area contributed by atoms with Crippen molar-refractivity contribution in [3.05, 3.63) is 0 Å². The number of amides is 2. The average molecular weight is 385 g/mol. The van der Waals surface area contributed by atoms with Crippen LogP contribution in [0.5, 0.6) is 0 Å². The van der Waals surface area contributed by atoms with Crippen LogP contribution in [0.1, 0.15) is 33.6 Å². The van der Waals surface area contributed by atoms with Gasteiger partial charge < -0.3 is 20.1 Å². The number of carbonyl (C=O) groups is 2. The molecule has 27 heavy (non-hydrogen) atoms. The van der Waals surface area contributed by atoms with Crippen molar-refractivity contribution in [3.8, 4) is 0 Å². The van der Waals surface area contributed by atoms with Gasteiger partial charge in [-0.2, -0.15) is 0 Å². The highest BCUT2D eigenvalue weighted by Crippen LogP contribution is 2.26. The summed E-state index contributed by atoms with van der Waals surface area (Å²) < 4.78 is 5.40. The zero-order chi connectivity index (χ0) is 20.0. The van der Waals surface area contributed by atoms with E-state index < -0.39 is 5.97 Å². The number of rotatable bonds is 9. The summed E-state index contributed by atoms with van der Waals surface area (Å²) in [6.07, 6.45) is 1.63. The van der Waals surface area contributed by atoms with E-state index in [0.29, 0.717) is 13.1 Å². The van der Waals surface area contributed by atoms with Gasteiger partial charge in [0.1, 0.15) is 0 Å². The van der Waals surface area contributed by atoms with Gasteiger partial charge in [0.2, 0.25) is 0 Å². The van der Waals surface area contributed by atoms with Crippen molar-refractivity contribution in [1.82, 2.24) is 20.0 Å². The maximum Gasteiger partial charge on any atom is 0.317 e. The van der Waals surface area contributed by atoms with E-state index in [9.17, 15) is 9.59 Å². The highest BCUT2D eigenvalue weighted by atomic mass is 16.5. The van der Waals surface area contributed by atoms with Gasteiger partial charge >= 0.3 is 12.0 Å². The van der Waals surface area contributed by atoms with E-state index in [4.69, 9.17) is 9.84 Å². The second kappa shape index (κ2) is 9.71. The molecule has 8 nitrogen and oxygen atoms in total. The molecule has 0 bridgehead atoms. The molecule has 0 aromatic rings. The highest BCUT2D eigenvalue weighted by molar-refractivity contribution is 5.74. The number of likely N-dealkylation sites (N-methyl/N-ethyl adjacent to an activating group) is 1. The molecule has 156 valence electrons. The van der Waals surface area contributed by atoms with Crippen LogP contribution < -0.4 is 5.32 Å². The van der Waals surface area contributed by atoms with Gasteiger partial charge in [0.05, 0.1) is 19.8 Å². The number of hydrogen-bond donors (Lipinski definition) is 2. The lowest BCUT2D eigenvalue weighted by Gasteiger charge is -2.43. The van der Waals surface area contributed by atoms with Gasteiger partial charge in [-0.15, -0.1) is 0 Å². The fraction of sp³-hybridized carbons (Fsp3) is 0.895. The Bertz CT molecular complexity index is 502. The first-order valence-electron chi connectivity index (χ1n) is 9.98. The Morgan fingerprint density at radius 2 is 1.89 bits per heavy atom. The third-order valence-corrected chi connectivity index (χ3v) is 5.47. The molecule has 0 spiro atoms. The molecule has 2 amide bonds. The summed E-state index contributed by atoms with van der Waals surface area (Å²) in [7, 11) is 1.84. The molecule has 1 aliphatic carbocycles. The largest absolute Gasteiger partial charge is 0.480 e. The fourth-order valence-corrected chi connectivity index (χ4v) is 4.09. The topological polar surface area (TPSA) is 85.4 Å². The summed E-state index contributed by atoms with van der Waals surface area (Å²) in [6.45, 7) is 12.2. The maximum atomic E-state index is 12.5. The molecule has 1 saturated heterocycles. The molecule has 8 heteroatoms. The number of ether oxygens (including phenoxy) is 1. The summed E-state index contributed by atoms with van der Waals surface area (Å²) in [5.41, 5.74) is 0.00603. The van der Waals surface area contributed by atoms with Gasteiger partial charge in [-0.05, 0) is 24.8 Å². The molecule has 0 unspecified atom stereocenters. The zero-order valence-corrected chi connectivity index (χ0v) is 17.2. The van der Waals surface area contributed by atoms with Crippen LogP contribution in [0.15, 0.2) is 0 Å². The Morgan fingerprint density at radius 1 is 1.26 bits per heavy atom. The predicted octanol–water partition coefficient (Wildman–Crippen LogP) is 0.924. The minimum atomic E-state index is -0.799. The first kappa shape index (κ1) is 21.9. The van der Waals surface area contributed by atoms with Crippen LogP contribution in [0.3, 0.4) is 0 Å². The number of hydrogen-bond acceptors (Lipinski definition) is 5. The molecule has 2 N–H and O–H groups in total. The quantitative estimate of drug-likeness (QED) is 0.615. The lowest BCUT2D eigenvalue weighted by molar-refractivity contribution is -0.139. The van der Waals surface area contributed by atoms with Crippen LogP contribution in [0, 0.1) is 5.41 Å². The van der Waals surface area contributed by atoms with E-state index in [2.05, 4.69) is 24.1 Å². The minimum Gasteiger partial charge on any atom is -0.480 e. The molecule has 2 fully saturated rings. The van der Waals surface area contributed by atoms with Gasteiger partial charge in [0, 0.05) is 45.3 Å². The van der Waals surface area contributed by atoms with Crippen molar-refractivity contribution >= 4 is 12.0 Å². The average Bonchev–Trinajstić information content (AvgIpc) is 2.55. The Morgan fingerprint density at radius 3 is 2.44 bits per heavy atom. The van der Waals surface area contributed by atoms with Gasteiger partial charge in [0.15, 0.2) is 0 Å². The molecule has 2 aliphatic rings. The van der Waals surface area contributed by atoms with Gasteiger partial charge in [-0.25, -0.2) is 4.79 Å². The van der Waals surface area contributed by atoms with Crippen LogP contribution in [-0.4, -0.2) is 103 Å². The Kier molecular flexibility index (Phi) is 7.88. The summed E-state index contributed by atoms with van der Waals surface area (Å²) in [5, 5.41) is 12.0. The van der Waals surface area contributed by atoms with Crippen LogP contribution in [-0.2, 0) is 9.53 Å². The number of morpholine rings is 1. The second-order valence-electron chi connectivity index (χ2n) is 8.64. The summed E-state index contributed by atoms with van der Waals surface area (Å²) in [6, 6.07) is 0.337. The third kappa shape index (κ3) is 6.93. The van der Waals surface area contributed by atoms with Crippen molar-refractivity contribution in [1.29, 1.82) is 0 Å². The van der Waals surface area contributed by atoms with Crippen molar-refractivity contribution in [2.45, 2.75) is 45.7 Å². The molecule has 1 aliphatic heterocycles. The SMILES string of the molecule is CCN(CC(=O)O)C1CC(NC(=O)N(C)CC(C)(C)CN2CCOCC2)C1. The Labute approximate surface area is 162 Å². The Balaban J connectivity index is 1.71. The molecule has 1 saturated carbocycles. The predicted molar refractivity (Wildman–Crippen MR) is 104 cm³/mol. The van der Waals surface area contributed by atoms with Crippen LogP contribution in [0.25, 0.3) is 0 Å². The molecule has 0 aromatic carbocycles. The number of carbonyl (C=O) groups excluding carboxylic acids is 1. The van der Waals surface area contributed by atoms with Crippen molar-refractivity contribution in [3.63, 3.8) is 0 Å². The van der Waals surface area contributed by atoms with Gasteiger partial charge in [-0.1, -0.05) is 20.8 Å². The standard InChI is InChI=1S/C19H36N4O4/c1-5-23(12-17(24)25)16-10-15(11-16)20-18(26)21(4)13-19(2,3)14-22-6-8-27-9-7-22/h15-16H,5-14H2,1-4H3,(H,20,26)(H,24,25). The molecular formula is C19H36N4O4. The molecule has 0 radical (unpaired) electrons. The summed E-state index contributed by atoms with van der Waals surface area (Å²) in [5.74, 6) is -0.799. The lowest BCUT2D eigenvalue weighted by atomic mass is 9.85. The van der Waals surface area contributed by atoms with E-state index in [1.807, 2.05) is 18.9 Å². The highest BCUT2D eigenvalue weighted by Gasteiger charge is 2.35. The minimum absolute atomic E-state index is 0.00603. The van der Waals surface area contributed by atoms with E-state index >= 15 is 0 Å². The first-order valence-corrected chi connectivity index (χ1v) is 9.98. The number of aliphatic carboxylic acids is 1. The van der Waals surface area contributed by atoms with Crippen LogP contribution >= 0.6 is 0 Å². The molecular weight excluding hydrogens is 348 g/mol. The normalized spacial score (nSPS) is 23.7. The van der Waals surface area contributed by atoms with E-state index in [-0.39, 0.29) is 30.1 Å². The molecule has 1 heterocycles. The van der Waals surface area contributed by atoms with E-state index in [1.165, 1.54) is 0 Å². The number of carboxylic acid groups (broad SMARTS) is 1. The fourth-order valence-electron chi connectivity index (χ4n) is 4.09. The molecule has 2 rings (SSSR count). The number of urea groups is 1. The van der Waals surface area contributed by atoms with Gasteiger partial charge in [-0.3, -0.25) is 14.6 Å². The maximum absolute atomic E-state index is 12.5. The van der Waals surface area contributed by atoms with Crippen molar-refractivity contribution < 1.29 is 19.4 Å². The lowest BCUT2D eigenvalue weighted by Crippen LogP contribution is -2.57. The first-order chi connectivity index (χ1) is 12.7. The van der Waals surface area contributed by atoms with Crippen molar-refractivity contribution in [2.24, 2.45) is 5.41 Å². The van der Waals surface area contributed by atoms with E-state index in [1.54, 1.807) is 4.90 Å². The van der Waals surface area contributed by atoms with Gasteiger partial charge in [0.25, 0.3) is 0 Å². The summed E-state index contributed by atoms with van der Waals surface area (Å²) >= 11 is 0. The Hall–Kier alpha value is -1.38. The smallest absolute Gasteiger partial charge is 0.317 e. The molecule has 0 aromatic heterocycles. The molecule has 0 atom stereocenters. The van der Waals surface area contributed by atoms with Crippen LogP contribution in [0.2, 0.25) is 0 Å². The van der Waals surface area contributed by atoms with E-state index in [0.717, 1.165) is 45.7 Å². The third-order valence-electron chi connectivity index (χ3n) is 5.47. The summed E-state index contributed by atoms with van der Waals surface area (Å²) in [4.78, 5) is 29.5. The van der Waals surface area contributed by atoms with Crippen LogP contribution in [0.4, 0.5) is 4.79 Å². The number of carboxylic acids is 1. The second-order valence-corrected chi connectivity index (χ2v) is 8.64.